The fraction of sp³-hybridized carbons (Fsp3) is 0.200. The van der Waals surface area contributed by atoms with Gasteiger partial charge in [0.2, 0.25) is 0 Å². The lowest BCUT2D eigenvalue weighted by atomic mass is 9.95. The molecular weight excluding hydrogens is 398 g/mol. The lowest BCUT2D eigenvalue weighted by Crippen LogP contribution is -2.55. The van der Waals surface area contributed by atoms with Crippen molar-refractivity contribution in [3.05, 3.63) is 95.6 Å². The molecule has 0 aromatic heterocycles. The minimum absolute atomic E-state index is 0.00803. The Labute approximate surface area is 179 Å². The normalized spacial score (nSPS) is 15.7. The molecule has 0 N–H and O–H groups in total. The Morgan fingerprint density at radius 3 is 1.90 bits per heavy atom. The van der Waals surface area contributed by atoms with Crippen LogP contribution < -0.4 is 9.80 Å². The molecule has 6 heteroatoms. The molecular formula is C25H22F2N2O2. The molecule has 0 saturated heterocycles. The van der Waals surface area contributed by atoms with Gasteiger partial charge in [0.1, 0.15) is 11.6 Å². The average Bonchev–Trinajstić information content (AvgIpc) is 2.77. The minimum Gasteiger partial charge on any atom is -0.304 e. The fourth-order valence-electron chi connectivity index (χ4n) is 3.94. The first-order valence-corrected chi connectivity index (χ1v) is 10.1. The van der Waals surface area contributed by atoms with Crippen LogP contribution in [0.2, 0.25) is 0 Å². The Kier molecular flexibility index (Phi) is 5.55. The van der Waals surface area contributed by atoms with Gasteiger partial charge in [-0.1, -0.05) is 38.1 Å². The monoisotopic (exact) mass is 420 g/mol. The molecule has 3 aromatic rings. The van der Waals surface area contributed by atoms with Crippen molar-refractivity contribution in [3.8, 4) is 0 Å². The molecule has 1 atom stereocenters. The van der Waals surface area contributed by atoms with E-state index in [1.165, 1.54) is 36.4 Å². The Morgan fingerprint density at radius 1 is 0.806 bits per heavy atom. The standard InChI is InChI=1S/C25H22F2N2O2/c1-16(2)23-15-28(24(30)17-7-5-9-19(26)13-17)21-11-3-4-12-22(21)29(23)25(31)18-8-6-10-20(27)14-18/h3-14,16,23H,15H2,1-2H3/t23-/m1/s1. The molecule has 158 valence electrons. The summed E-state index contributed by atoms with van der Waals surface area (Å²) in [6.07, 6.45) is 0. The zero-order valence-electron chi connectivity index (χ0n) is 17.3. The number of para-hydroxylation sites is 2. The predicted octanol–water partition coefficient (Wildman–Crippen LogP) is 5.30. The summed E-state index contributed by atoms with van der Waals surface area (Å²) < 4.78 is 27.5. The second-order valence-corrected chi connectivity index (χ2v) is 7.91. The molecule has 0 saturated carbocycles. The van der Waals surface area contributed by atoms with Crippen LogP contribution in [-0.2, 0) is 0 Å². The van der Waals surface area contributed by atoms with E-state index in [-0.39, 0.29) is 41.4 Å². The van der Waals surface area contributed by atoms with E-state index in [1.807, 2.05) is 13.8 Å². The fourth-order valence-corrected chi connectivity index (χ4v) is 3.94. The Hall–Kier alpha value is -3.54. The van der Waals surface area contributed by atoms with Crippen molar-refractivity contribution in [2.45, 2.75) is 19.9 Å². The van der Waals surface area contributed by atoms with E-state index in [0.717, 1.165) is 0 Å². The third-order valence-corrected chi connectivity index (χ3v) is 5.51. The number of halogens is 2. The summed E-state index contributed by atoms with van der Waals surface area (Å²) in [4.78, 5) is 29.9. The van der Waals surface area contributed by atoms with E-state index in [1.54, 1.807) is 46.2 Å². The van der Waals surface area contributed by atoms with E-state index in [2.05, 4.69) is 0 Å². The number of rotatable bonds is 3. The molecule has 0 unspecified atom stereocenters. The van der Waals surface area contributed by atoms with Crippen LogP contribution in [0.25, 0.3) is 0 Å². The van der Waals surface area contributed by atoms with Gasteiger partial charge in [-0.25, -0.2) is 8.78 Å². The summed E-state index contributed by atoms with van der Waals surface area (Å²) in [7, 11) is 0. The van der Waals surface area contributed by atoms with Crippen molar-refractivity contribution in [3.63, 3.8) is 0 Å². The number of hydrogen-bond acceptors (Lipinski definition) is 2. The van der Waals surface area contributed by atoms with E-state index >= 15 is 0 Å². The second-order valence-electron chi connectivity index (χ2n) is 7.91. The van der Waals surface area contributed by atoms with Crippen LogP contribution in [0.4, 0.5) is 20.2 Å². The zero-order chi connectivity index (χ0) is 22.1. The Balaban J connectivity index is 1.81. The molecule has 1 aliphatic rings. The maximum atomic E-state index is 13.8. The third kappa shape index (κ3) is 3.93. The number of benzene rings is 3. The number of anilines is 2. The third-order valence-electron chi connectivity index (χ3n) is 5.51. The van der Waals surface area contributed by atoms with Crippen molar-refractivity contribution < 1.29 is 18.4 Å². The van der Waals surface area contributed by atoms with Gasteiger partial charge in [-0.15, -0.1) is 0 Å². The summed E-state index contributed by atoms with van der Waals surface area (Å²) >= 11 is 0. The molecule has 4 nitrogen and oxygen atoms in total. The quantitative estimate of drug-likeness (QED) is 0.577. The average molecular weight is 420 g/mol. The smallest absolute Gasteiger partial charge is 0.258 e. The predicted molar refractivity (Wildman–Crippen MR) is 116 cm³/mol. The highest BCUT2D eigenvalue weighted by molar-refractivity contribution is 6.13. The summed E-state index contributed by atoms with van der Waals surface area (Å²) in [6, 6.07) is 17.9. The van der Waals surface area contributed by atoms with Crippen LogP contribution >= 0.6 is 0 Å². The summed E-state index contributed by atoms with van der Waals surface area (Å²) in [5.41, 5.74) is 1.59. The van der Waals surface area contributed by atoms with Gasteiger partial charge >= 0.3 is 0 Å². The first-order chi connectivity index (χ1) is 14.9. The lowest BCUT2D eigenvalue weighted by Gasteiger charge is -2.44. The van der Waals surface area contributed by atoms with Crippen molar-refractivity contribution >= 4 is 23.2 Å². The molecule has 0 spiro atoms. The van der Waals surface area contributed by atoms with Gasteiger partial charge in [0, 0.05) is 17.7 Å². The Morgan fingerprint density at radius 2 is 1.35 bits per heavy atom. The van der Waals surface area contributed by atoms with Crippen LogP contribution in [0.3, 0.4) is 0 Å². The highest BCUT2D eigenvalue weighted by Gasteiger charge is 2.39. The van der Waals surface area contributed by atoms with Crippen LogP contribution in [0.5, 0.6) is 0 Å². The van der Waals surface area contributed by atoms with E-state index in [9.17, 15) is 18.4 Å². The molecule has 0 bridgehead atoms. The second kappa shape index (κ2) is 8.30. The molecule has 1 aliphatic heterocycles. The zero-order valence-corrected chi connectivity index (χ0v) is 17.3. The topological polar surface area (TPSA) is 40.6 Å². The van der Waals surface area contributed by atoms with E-state index in [4.69, 9.17) is 0 Å². The summed E-state index contributed by atoms with van der Waals surface area (Å²) in [5, 5.41) is 0. The first kappa shape index (κ1) is 20.7. The number of fused-ring (bicyclic) bond motifs is 1. The van der Waals surface area contributed by atoms with Crippen LogP contribution in [0.1, 0.15) is 34.6 Å². The van der Waals surface area contributed by atoms with Crippen molar-refractivity contribution in [2.75, 3.05) is 16.3 Å². The van der Waals surface area contributed by atoms with Crippen molar-refractivity contribution in [1.82, 2.24) is 0 Å². The molecule has 0 radical (unpaired) electrons. The van der Waals surface area contributed by atoms with Gasteiger partial charge in [0.15, 0.2) is 0 Å². The maximum Gasteiger partial charge on any atom is 0.258 e. The van der Waals surface area contributed by atoms with E-state index in [0.29, 0.717) is 11.4 Å². The van der Waals surface area contributed by atoms with Crippen molar-refractivity contribution in [1.29, 1.82) is 0 Å². The van der Waals surface area contributed by atoms with Gasteiger partial charge in [-0.2, -0.15) is 0 Å². The maximum absolute atomic E-state index is 13.8. The van der Waals surface area contributed by atoms with Crippen LogP contribution in [0.15, 0.2) is 72.8 Å². The first-order valence-electron chi connectivity index (χ1n) is 10.1. The van der Waals surface area contributed by atoms with Gasteiger partial charge in [0.05, 0.1) is 17.4 Å². The highest BCUT2D eigenvalue weighted by atomic mass is 19.1. The molecule has 2 amide bonds. The number of nitrogens with zero attached hydrogens (tertiary/aromatic N) is 2. The van der Waals surface area contributed by atoms with Crippen LogP contribution in [0, 0.1) is 17.6 Å². The minimum atomic E-state index is -0.487. The number of carbonyl (C=O) groups excluding carboxylic acids is 2. The van der Waals surface area contributed by atoms with E-state index < -0.39 is 11.6 Å². The van der Waals surface area contributed by atoms with Gasteiger partial charge in [-0.3, -0.25) is 9.59 Å². The number of hydrogen-bond donors (Lipinski definition) is 0. The molecule has 0 fully saturated rings. The Bertz CT molecular complexity index is 1150. The number of amides is 2. The molecule has 4 rings (SSSR count). The van der Waals surface area contributed by atoms with Gasteiger partial charge < -0.3 is 9.80 Å². The SMILES string of the molecule is CC(C)[C@H]1CN(C(=O)c2cccc(F)c2)c2ccccc2N1C(=O)c1cccc(F)c1. The van der Waals surface area contributed by atoms with Gasteiger partial charge in [-0.05, 0) is 54.4 Å². The van der Waals surface area contributed by atoms with Gasteiger partial charge in [0.25, 0.3) is 11.8 Å². The molecule has 31 heavy (non-hydrogen) atoms. The highest BCUT2D eigenvalue weighted by Crippen LogP contribution is 2.39. The van der Waals surface area contributed by atoms with Crippen LogP contribution in [-0.4, -0.2) is 24.4 Å². The summed E-state index contributed by atoms with van der Waals surface area (Å²) in [5.74, 6) is -1.63. The molecule has 0 aliphatic carbocycles. The number of carbonyl (C=O) groups is 2. The molecule has 3 aromatic carbocycles. The lowest BCUT2D eigenvalue weighted by molar-refractivity contribution is 0.0943. The van der Waals surface area contributed by atoms with Crippen molar-refractivity contribution in [2.24, 2.45) is 5.92 Å². The molecule has 1 heterocycles. The summed E-state index contributed by atoms with van der Waals surface area (Å²) in [6.45, 7) is 4.18. The largest absolute Gasteiger partial charge is 0.304 e.